The van der Waals surface area contributed by atoms with Crippen molar-refractivity contribution in [2.45, 2.75) is 6.92 Å². The summed E-state index contributed by atoms with van der Waals surface area (Å²) in [5.41, 5.74) is 1.93. The van der Waals surface area contributed by atoms with Crippen molar-refractivity contribution in [3.8, 4) is 0 Å². The van der Waals surface area contributed by atoms with Crippen LogP contribution in [0.15, 0.2) is 0 Å². The first-order chi connectivity index (χ1) is 3.33. The molecule has 42 valence electrons. The summed E-state index contributed by atoms with van der Waals surface area (Å²) in [5.74, 6) is 0. The van der Waals surface area contributed by atoms with Crippen molar-refractivity contribution in [2.75, 3.05) is 6.54 Å². The van der Waals surface area contributed by atoms with E-state index in [0.717, 1.165) is 0 Å². The molecule has 0 atom stereocenters. The van der Waals surface area contributed by atoms with Crippen LogP contribution >= 0.6 is 19.4 Å². The predicted molar refractivity (Wildman–Crippen MR) is 27.2 cm³/mol. The van der Waals surface area contributed by atoms with E-state index in [1.807, 2.05) is 12.4 Å². The molecule has 0 aromatic rings. The average molecular weight is 197 g/mol. The molecular weight excluding hydrogens is 190 g/mol. The van der Waals surface area contributed by atoms with Crippen LogP contribution in [0.1, 0.15) is 6.92 Å². The Bertz CT molecular complexity index is 23.2. The van der Waals surface area contributed by atoms with E-state index in [1.54, 1.807) is 0 Å². The zero-order valence-corrected chi connectivity index (χ0v) is 8.60. The zero-order chi connectivity index (χ0) is 6.12. The molecule has 0 bridgehead atoms. The first-order valence-corrected chi connectivity index (χ1v) is 9.62. The van der Waals surface area contributed by atoms with E-state index in [-0.39, 0.29) is 0 Å². The summed E-state index contributed by atoms with van der Waals surface area (Å²) in [6, 6.07) is 0. The number of hydrogen-bond donors (Lipinski definition) is 2. The van der Waals surface area contributed by atoms with E-state index < -0.39 is 15.1 Å². The summed E-state index contributed by atoms with van der Waals surface area (Å²) in [6.45, 7) is 2.44. The normalized spacial score (nSPS) is 5.71. The Hall–Kier alpha value is 1.12. The molecule has 0 aliphatic carbocycles. The number of halogens is 2. The Kier molecular flexibility index (Phi) is 24.7. The molecule has 0 heterocycles. The monoisotopic (exact) mass is 195 g/mol. The van der Waals surface area contributed by atoms with Crippen LogP contribution in [-0.2, 0) is 15.1 Å². The van der Waals surface area contributed by atoms with Crippen LogP contribution in [0.5, 0.6) is 0 Å². The summed E-state index contributed by atoms with van der Waals surface area (Å²) < 4.78 is 0. The van der Waals surface area contributed by atoms with Gasteiger partial charge in [-0.2, -0.15) is 0 Å². The van der Waals surface area contributed by atoms with Crippen molar-refractivity contribution in [3.05, 3.63) is 0 Å². The fourth-order valence-electron chi connectivity index (χ4n) is 0. The van der Waals surface area contributed by atoms with Gasteiger partial charge in [-0.05, 0) is 0 Å². The summed E-state index contributed by atoms with van der Waals surface area (Å²) >= 11 is -0.931. The molecule has 0 aliphatic rings. The van der Waals surface area contributed by atoms with Gasteiger partial charge in [-0.15, -0.1) is 0 Å². The van der Waals surface area contributed by atoms with E-state index in [1.165, 1.54) is 0 Å². The summed E-state index contributed by atoms with van der Waals surface area (Å²) in [5, 5.41) is 7.62. The Balaban J connectivity index is 0. The molecule has 0 aliphatic heterocycles. The first-order valence-electron chi connectivity index (χ1n) is 1.82. The molecule has 2 nitrogen and oxygen atoms in total. The summed E-state index contributed by atoms with van der Waals surface area (Å²) in [7, 11) is 9.90. The Labute approximate surface area is 58.8 Å². The standard InChI is InChI=1S/C2H7NO.2ClH.Zn/c1-2-3-4;;;/h3-4H,2H2,1H3;2*1H;/q;;;+2/p-2. The first kappa shape index (κ1) is 11.0. The second-order valence-electron chi connectivity index (χ2n) is 0.613. The van der Waals surface area contributed by atoms with Gasteiger partial charge in [0.25, 0.3) is 0 Å². The molecule has 0 saturated heterocycles. The third kappa shape index (κ3) is 41.5. The van der Waals surface area contributed by atoms with E-state index >= 15 is 0 Å². The predicted octanol–water partition coefficient (Wildman–Crippen LogP) is 1.36. The molecule has 7 heavy (non-hydrogen) atoms. The molecule has 0 aromatic carbocycles. The molecule has 0 fully saturated rings. The minimum absolute atomic E-state index is 0.625. The topological polar surface area (TPSA) is 32.3 Å². The van der Waals surface area contributed by atoms with Crippen LogP contribution in [0, 0.1) is 0 Å². The number of nitrogens with one attached hydrogen (secondary N) is 1. The second kappa shape index (κ2) is 15.7. The van der Waals surface area contributed by atoms with Crippen LogP contribution in [0.4, 0.5) is 0 Å². The SMILES string of the molecule is CCNO.[Cl][Zn][Cl]. The van der Waals surface area contributed by atoms with Crippen LogP contribution in [0.25, 0.3) is 0 Å². The van der Waals surface area contributed by atoms with Crippen LogP contribution in [-0.4, -0.2) is 11.8 Å². The van der Waals surface area contributed by atoms with E-state index in [2.05, 4.69) is 0 Å². The van der Waals surface area contributed by atoms with Crippen LogP contribution in [0.2, 0.25) is 0 Å². The average Bonchev–Trinajstić information content (AvgIpc) is 1.69. The quantitative estimate of drug-likeness (QED) is 0.491. The third-order valence-corrected chi connectivity index (χ3v) is 0.158. The number of hydrogen-bond acceptors (Lipinski definition) is 2. The molecule has 0 unspecified atom stereocenters. The van der Waals surface area contributed by atoms with Crippen molar-refractivity contribution < 1.29 is 20.4 Å². The Morgan fingerprint density at radius 1 is 1.71 bits per heavy atom. The van der Waals surface area contributed by atoms with Gasteiger partial charge >= 0.3 is 34.5 Å². The molecule has 5 heteroatoms. The summed E-state index contributed by atoms with van der Waals surface area (Å²) in [6.07, 6.45) is 0. The van der Waals surface area contributed by atoms with E-state index in [4.69, 9.17) is 24.6 Å². The van der Waals surface area contributed by atoms with Crippen molar-refractivity contribution >= 4 is 19.4 Å². The summed E-state index contributed by atoms with van der Waals surface area (Å²) in [4.78, 5) is 0. The van der Waals surface area contributed by atoms with E-state index in [0.29, 0.717) is 6.54 Å². The Morgan fingerprint density at radius 2 is 1.86 bits per heavy atom. The van der Waals surface area contributed by atoms with Gasteiger partial charge in [0.2, 0.25) is 0 Å². The maximum absolute atomic E-state index is 7.62. The van der Waals surface area contributed by atoms with Gasteiger partial charge in [-0.25, -0.2) is 5.48 Å². The maximum atomic E-state index is 7.62. The van der Waals surface area contributed by atoms with Crippen molar-refractivity contribution in [1.82, 2.24) is 5.48 Å². The zero-order valence-electron chi connectivity index (χ0n) is 4.12. The molecular formula is C2H7Cl2NOZn. The van der Waals surface area contributed by atoms with Gasteiger partial charge in [-0.1, -0.05) is 6.92 Å². The third-order valence-electron chi connectivity index (χ3n) is 0.158. The van der Waals surface area contributed by atoms with Crippen molar-refractivity contribution in [1.29, 1.82) is 0 Å². The molecule has 0 rings (SSSR count). The van der Waals surface area contributed by atoms with E-state index in [9.17, 15) is 0 Å². The van der Waals surface area contributed by atoms with Gasteiger partial charge in [0, 0.05) is 6.54 Å². The minimum atomic E-state index is -0.931. The van der Waals surface area contributed by atoms with Crippen LogP contribution in [0.3, 0.4) is 0 Å². The molecule has 2 N–H and O–H groups in total. The molecule has 0 amide bonds. The van der Waals surface area contributed by atoms with Gasteiger partial charge in [0.1, 0.15) is 0 Å². The number of rotatable bonds is 1. The second-order valence-corrected chi connectivity index (χ2v) is 5.24. The molecule has 0 spiro atoms. The van der Waals surface area contributed by atoms with Crippen LogP contribution < -0.4 is 5.48 Å². The van der Waals surface area contributed by atoms with Gasteiger partial charge < -0.3 is 5.21 Å². The number of hydroxylamine groups is 1. The van der Waals surface area contributed by atoms with Gasteiger partial charge in [0.05, 0.1) is 0 Å². The molecule has 0 radical (unpaired) electrons. The molecule has 0 aromatic heterocycles. The molecule has 0 saturated carbocycles. The van der Waals surface area contributed by atoms with Gasteiger partial charge in [-0.3, -0.25) is 0 Å². The Morgan fingerprint density at radius 3 is 1.86 bits per heavy atom. The fourth-order valence-corrected chi connectivity index (χ4v) is 0. The van der Waals surface area contributed by atoms with Crippen molar-refractivity contribution in [3.63, 3.8) is 0 Å². The van der Waals surface area contributed by atoms with Crippen molar-refractivity contribution in [2.24, 2.45) is 0 Å². The fraction of sp³-hybridized carbons (Fsp3) is 1.00. The van der Waals surface area contributed by atoms with Gasteiger partial charge in [0.15, 0.2) is 0 Å².